The van der Waals surface area contributed by atoms with E-state index in [1.165, 1.54) is 6.26 Å². The van der Waals surface area contributed by atoms with Gasteiger partial charge in [-0.05, 0) is 47.9 Å². The van der Waals surface area contributed by atoms with Crippen LogP contribution in [0.4, 0.5) is 0 Å². The molecule has 2 aromatic rings. The smallest absolute Gasteiger partial charge is 0.219 e. The van der Waals surface area contributed by atoms with Crippen molar-refractivity contribution in [3.63, 3.8) is 0 Å². The molecule has 0 aliphatic rings. The van der Waals surface area contributed by atoms with Crippen LogP contribution in [0, 0.1) is 0 Å². The normalized spacial score (nSPS) is 11.5. The molecule has 0 aliphatic heterocycles. The monoisotopic (exact) mass is 282 g/mol. The zero-order valence-corrected chi connectivity index (χ0v) is 12.0. The Bertz CT molecular complexity index is 612. The van der Waals surface area contributed by atoms with Gasteiger partial charge in [-0.15, -0.1) is 0 Å². The molecule has 0 radical (unpaired) electrons. The molecule has 0 bridgehead atoms. The Kier molecular flexibility index (Phi) is 4.80. The van der Waals surface area contributed by atoms with Crippen molar-refractivity contribution in [2.45, 2.75) is 13.2 Å². The number of hydrogen-bond acceptors (Lipinski definition) is 3. The second-order valence-corrected chi connectivity index (χ2v) is 4.65. The summed E-state index contributed by atoms with van der Waals surface area (Å²) in [4.78, 5) is 0. The van der Waals surface area contributed by atoms with E-state index in [1.54, 1.807) is 6.92 Å². The van der Waals surface area contributed by atoms with E-state index in [1.807, 2.05) is 48.5 Å². The topological polar surface area (TPSA) is 38.7 Å². The SMILES string of the molecule is C=COc1ccc(-c2ccc(OC(O)C(=C)C)cc2)cc1. The van der Waals surface area contributed by atoms with Crippen LogP contribution in [0.3, 0.4) is 0 Å². The zero-order valence-electron chi connectivity index (χ0n) is 12.0. The maximum atomic E-state index is 9.60. The van der Waals surface area contributed by atoms with Gasteiger partial charge in [-0.1, -0.05) is 37.4 Å². The lowest BCUT2D eigenvalue weighted by molar-refractivity contribution is 0.0151. The molecule has 0 saturated heterocycles. The molecule has 0 fully saturated rings. The fourth-order valence-corrected chi connectivity index (χ4v) is 1.78. The van der Waals surface area contributed by atoms with Gasteiger partial charge in [0.2, 0.25) is 6.29 Å². The van der Waals surface area contributed by atoms with Gasteiger partial charge in [0.25, 0.3) is 0 Å². The Morgan fingerprint density at radius 3 is 1.90 bits per heavy atom. The van der Waals surface area contributed by atoms with Crippen LogP contribution in [0.1, 0.15) is 6.92 Å². The quantitative estimate of drug-likeness (QED) is 0.491. The summed E-state index contributed by atoms with van der Waals surface area (Å²) in [6.45, 7) is 8.88. The Hall–Kier alpha value is -2.52. The molecule has 0 amide bonds. The lowest BCUT2D eigenvalue weighted by Crippen LogP contribution is -2.15. The van der Waals surface area contributed by atoms with E-state index in [0.29, 0.717) is 11.3 Å². The third kappa shape index (κ3) is 3.97. The summed E-state index contributed by atoms with van der Waals surface area (Å²) < 4.78 is 10.5. The summed E-state index contributed by atoms with van der Waals surface area (Å²) >= 11 is 0. The van der Waals surface area contributed by atoms with Crippen molar-refractivity contribution in [1.82, 2.24) is 0 Å². The first-order valence-corrected chi connectivity index (χ1v) is 6.58. The van der Waals surface area contributed by atoms with Crippen LogP contribution in [0.15, 0.2) is 73.5 Å². The molecule has 1 N–H and O–H groups in total. The largest absolute Gasteiger partial charge is 0.466 e. The van der Waals surface area contributed by atoms with Gasteiger partial charge in [-0.2, -0.15) is 0 Å². The lowest BCUT2D eigenvalue weighted by Gasteiger charge is -2.13. The average molecular weight is 282 g/mol. The molecule has 1 atom stereocenters. The lowest BCUT2D eigenvalue weighted by atomic mass is 10.1. The first kappa shape index (κ1) is 14.9. The van der Waals surface area contributed by atoms with Gasteiger partial charge in [-0.3, -0.25) is 0 Å². The fourth-order valence-electron chi connectivity index (χ4n) is 1.78. The van der Waals surface area contributed by atoms with Crippen LogP contribution in [0.25, 0.3) is 11.1 Å². The predicted molar refractivity (Wildman–Crippen MR) is 84.2 cm³/mol. The molecule has 0 saturated carbocycles. The highest BCUT2D eigenvalue weighted by Gasteiger charge is 2.06. The number of rotatable bonds is 6. The van der Waals surface area contributed by atoms with Crippen molar-refractivity contribution in [3.05, 3.63) is 73.5 Å². The van der Waals surface area contributed by atoms with E-state index in [0.717, 1.165) is 16.9 Å². The average Bonchev–Trinajstić information content (AvgIpc) is 2.49. The highest BCUT2D eigenvalue weighted by molar-refractivity contribution is 5.64. The van der Waals surface area contributed by atoms with Crippen LogP contribution in [-0.4, -0.2) is 11.4 Å². The summed E-state index contributed by atoms with van der Waals surface area (Å²) in [6.07, 6.45) is 0.416. The van der Waals surface area contributed by atoms with Crippen LogP contribution < -0.4 is 9.47 Å². The van der Waals surface area contributed by atoms with E-state index in [4.69, 9.17) is 9.47 Å². The standard InChI is InChI=1S/C18H18O3/c1-4-20-16-9-5-14(6-10-16)15-7-11-17(12-8-15)21-18(19)13(2)3/h4-12,18-19H,1-2H2,3H3. The summed E-state index contributed by atoms with van der Waals surface area (Å²) in [5, 5.41) is 9.60. The van der Waals surface area contributed by atoms with Gasteiger partial charge in [0.05, 0.1) is 6.26 Å². The van der Waals surface area contributed by atoms with Gasteiger partial charge in [0, 0.05) is 0 Å². The third-order valence-electron chi connectivity index (χ3n) is 2.93. The van der Waals surface area contributed by atoms with E-state index >= 15 is 0 Å². The maximum absolute atomic E-state index is 9.60. The van der Waals surface area contributed by atoms with Gasteiger partial charge in [0.15, 0.2) is 0 Å². The second kappa shape index (κ2) is 6.77. The molecular weight excluding hydrogens is 264 g/mol. The van der Waals surface area contributed by atoms with Crippen LogP contribution in [-0.2, 0) is 0 Å². The predicted octanol–water partition coefficient (Wildman–Crippen LogP) is 4.15. The Labute approximate surface area is 124 Å². The Morgan fingerprint density at radius 1 is 1.00 bits per heavy atom. The number of aliphatic hydroxyl groups excluding tert-OH is 1. The molecule has 21 heavy (non-hydrogen) atoms. The molecule has 3 nitrogen and oxygen atoms in total. The van der Waals surface area contributed by atoms with Crippen molar-refractivity contribution < 1.29 is 14.6 Å². The van der Waals surface area contributed by atoms with Gasteiger partial charge >= 0.3 is 0 Å². The summed E-state index contributed by atoms with van der Waals surface area (Å²) in [7, 11) is 0. The van der Waals surface area contributed by atoms with Gasteiger partial charge in [0.1, 0.15) is 11.5 Å². The summed E-state index contributed by atoms with van der Waals surface area (Å²) in [5.74, 6) is 1.35. The van der Waals surface area contributed by atoms with Gasteiger partial charge < -0.3 is 14.6 Å². The molecule has 0 heterocycles. The molecule has 1 unspecified atom stereocenters. The molecule has 3 heteroatoms. The first-order chi connectivity index (χ1) is 10.1. The van der Waals surface area contributed by atoms with Crippen molar-refractivity contribution in [2.75, 3.05) is 0 Å². The molecule has 0 spiro atoms. The molecule has 0 aliphatic carbocycles. The Morgan fingerprint density at radius 2 is 1.48 bits per heavy atom. The highest BCUT2D eigenvalue weighted by Crippen LogP contribution is 2.25. The maximum Gasteiger partial charge on any atom is 0.219 e. The molecular formula is C18H18O3. The number of aliphatic hydroxyl groups is 1. The van der Waals surface area contributed by atoms with Gasteiger partial charge in [-0.25, -0.2) is 0 Å². The second-order valence-electron chi connectivity index (χ2n) is 4.65. The number of hydrogen-bond donors (Lipinski definition) is 1. The number of benzene rings is 2. The fraction of sp³-hybridized carbons (Fsp3) is 0.111. The van der Waals surface area contributed by atoms with Crippen LogP contribution >= 0.6 is 0 Å². The number of ether oxygens (including phenoxy) is 2. The summed E-state index contributed by atoms with van der Waals surface area (Å²) in [5.41, 5.74) is 2.69. The van der Waals surface area contributed by atoms with E-state index in [2.05, 4.69) is 13.2 Å². The third-order valence-corrected chi connectivity index (χ3v) is 2.93. The zero-order chi connectivity index (χ0) is 15.2. The molecule has 2 aromatic carbocycles. The van der Waals surface area contributed by atoms with Crippen LogP contribution in [0.5, 0.6) is 11.5 Å². The molecule has 2 rings (SSSR count). The minimum absolute atomic E-state index is 0.567. The van der Waals surface area contributed by atoms with Crippen LogP contribution in [0.2, 0.25) is 0 Å². The molecule has 108 valence electrons. The van der Waals surface area contributed by atoms with Crippen molar-refractivity contribution in [2.24, 2.45) is 0 Å². The highest BCUT2D eigenvalue weighted by atomic mass is 16.6. The van der Waals surface area contributed by atoms with Crippen molar-refractivity contribution in [3.8, 4) is 22.6 Å². The van der Waals surface area contributed by atoms with E-state index in [9.17, 15) is 5.11 Å². The van der Waals surface area contributed by atoms with E-state index < -0.39 is 6.29 Å². The Balaban J connectivity index is 2.11. The van der Waals surface area contributed by atoms with Crippen molar-refractivity contribution >= 4 is 0 Å². The minimum Gasteiger partial charge on any atom is -0.466 e. The minimum atomic E-state index is -0.980. The van der Waals surface area contributed by atoms with Crippen molar-refractivity contribution in [1.29, 1.82) is 0 Å². The molecule has 0 aromatic heterocycles. The van der Waals surface area contributed by atoms with E-state index in [-0.39, 0.29) is 0 Å². The summed E-state index contributed by atoms with van der Waals surface area (Å²) in [6, 6.07) is 15.2. The first-order valence-electron chi connectivity index (χ1n) is 6.58.